The predicted molar refractivity (Wildman–Crippen MR) is 98.1 cm³/mol. The number of methoxy groups -OCH3 is 2. The van der Waals surface area contributed by atoms with Gasteiger partial charge in [0.15, 0.2) is 11.5 Å². The minimum absolute atomic E-state index is 0.0593. The lowest BCUT2D eigenvalue weighted by atomic mass is 10.1. The minimum atomic E-state index is -0.634. The molecule has 0 atom stereocenters. The fraction of sp³-hybridized carbons (Fsp3) is 0.158. The molecule has 1 N–H and O–H groups in total. The zero-order chi connectivity index (χ0) is 19.8. The van der Waals surface area contributed by atoms with Crippen molar-refractivity contribution in [1.82, 2.24) is 5.32 Å². The number of rotatable bonds is 7. The second kappa shape index (κ2) is 9.01. The van der Waals surface area contributed by atoms with Crippen molar-refractivity contribution in [2.45, 2.75) is 6.54 Å². The van der Waals surface area contributed by atoms with Crippen LogP contribution in [0.5, 0.6) is 11.5 Å². The molecule has 0 spiro atoms. The molecule has 2 aromatic rings. The summed E-state index contributed by atoms with van der Waals surface area (Å²) in [6, 6.07) is 13.5. The van der Waals surface area contributed by atoms with Gasteiger partial charge < -0.3 is 14.8 Å². The topological polar surface area (TPSA) is 114 Å². The predicted octanol–water partition coefficient (Wildman–Crippen LogP) is 2.84. The lowest BCUT2D eigenvalue weighted by Gasteiger charge is -2.09. The largest absolute Gasteiger partial charge is 0.493 e. The third-order valence-corrected chi connectivity index (χ3v) is 3.69. The van der Waals surface area contributed by atoms with E-state index in [-0.39, 0.29) is 34.9 Å². The second-order valence-electron chi connectivity index (χ2n) is 5.36. The number of nitrogens with zero attached hydrogens (tertiary/aromatic N) is 2. The zero-order valence-electron chi connectivity index (χ0n) is 14.8. The van der Waals surface area contributed by atoms with Crippen LogP contribution in [0.15, 0.2) is 48.0 Å². The van der Waals surface area contributed by atoms with Crippen LogP contribution < -0.4 is 14.8 Å². The molecule has 2 rings (SSSR count). The molecule has 0 aliphatic rings. The van der Waals surface area contributed by atoms with Crippen LogP contribution in [0.4, 0.5) is 5.69 Å². The van der Waals surface area contributed by atoms with Gasteiger partial charge in [0.2, 0.25) is 0 Å². The molecule has 0 saturated heterocycles. The molecule has 0 bridgehead atoms. The first kappa shape index (κ1) is 19.5. The van der Waals surface area contributed by atoms with Gasteiger partial charge in [-0.2, -0.15) is 5.26 Å². The number of nitrogens with one attached hydrogen (secondary N) is 1. The third-order valence-electron chi connectivity index (χ3n) is 3.69. The summed E-state index contributed by atoms with van der Waals surface area (Å²) in [5, 5.41) is 23.3. The molecule has 0 unspecified atom stereocenters. The summed E-state index contributed by atoms with van der Waals surface area (Å²) in [4.78, 5) is 23.0. The van der Waals surface area contributed by atoms with Crippen LogP contribution in [0.1, 0.15) is 11.1 Å². The highest BCUT2D eigenvalue weighted by Crippen LogP contribution is 2.35. The molecule has 0 aromatic heterocycles. The Hall–Kier alpha value is -3.86. The van der Waals surface area contributed by atoms with Crippen molar-refractivity contribution < 1.29 is 19.2 Å². The van der Waals surface area contributed by atoms with Crippen molar-refractivity contribution in [3.05, 3.63) is 69.3 Å². The highest BCUT2D eigenvalue weighted by atomic mass is 16.6. The first-order valence-electron chi connectivity index (χ1n) is 7.84. The number of ether oxygens (including phenoxy) is 2. The van der Waals surface area contributed by atoms with Crippen LogP contribution in [0.25, 0.3) is 6.08 Å². The van der Waals surface area contributed by atoms with Gasteiger partial charge in [0.1, 0.15) is 11.6 Å². The van der Waals surface area contributed by atoms with Crippen molar-refractivity contribution in [1.29, 1.82) is 5.26 Å². The number of hydrogen-bond acceptors (Lipinski definition) is 6. The summed E-state index contributed by atoms with van der Waals surface area (Å²) in [6.45, 7) is 0.229. The average Bonchev–Trinajstić information content (AvgIpc) is 2.70. The van der Waals surface area contributed by atoms with Crippen LogP contribution in [0.3, 0.4) is 0 Å². The maximum Gasteiger partial charge on any atom is 0.280 e. The van der Waals surface area contributed by atoms with Crippen molar-refractivity contribution in [2.75, 3.05) is 14.2 Å². The minimum Gasteiger partial charge on any atom is -0.493 e. The van der Waals surface area contributed by atoms with E-state index in [1.807, 2.05) is 30.3 Å². The summed E-state index contributed by atoms with van der Waals surface area (Å²) in [5.74, 6) is -0.213. The lowest BCUT2D eigenvalue weighted by molar-refractivity contribution is -0.385. The van der Waals surface area contributed by atoms with Gasteiger partial charge in [-0.3, -0.25) is 14.9 Å². The highest BCUT2D eigenvalue weighted by Gasteiger charge is 2.20. The molecular weight excluding hydrogens is 350 g/mol. The van der Waals surface area contributed by atoms with Gasteiger partial charge in [-0.25, -0.2) is 0 Å². The maximum absolute atomic E-state index is 12.3. The molecule has 8 heteroatoms. The summed E-state index contributed by atoms with van der Waals surface area (Å²) in [6.07, 6.45) is 1.15. The van der Waals surface area contributed by atoms with Crippen LogP contribution in [-0.4, -0.2) is 25.1 Å². The standard InChI is InChI=1S/C19H17N3O5/c1-26-17-9-14(16(22(24)25)10-18(17)27-2)8-15(11-20)19(23)21-12-13-6-4-3-5-7-13/h3-10H,12H2,1-2H3,(H,21,23)/b15-8+. The summed E-state index contributed by atoms with van der Waals surface area (Å²) < 4.78 is 10.2. The molecule has 0 aliphatic carbocycles. The van der Waals surface area contributed by atoms with Crippen LogP contribution in [-0.2, 0) is 11.3 Å². The Morgan fingerprint density at radius 1 is 1.22 bits per heavy atom. The van der Waals surface area contributed by atoms with E-state index in [1.165, 1.54) is 26.4 Å². The first-order valence-corrected chi connectivity index (χ1v) is 7.84. The molecule has 0 fully saturated rings. The normalized spacial score (nSPS) is 10.6. The summed E-state index contributed by atoms with van der Waals surface area (Å²) in [5.41, 5.74) is 0.349. The van der Waals surface area contributed by atoms with Crippen molar-refractivity contribution in [2.24, 2.45) is 0 Å². The number of carbonyl (C=O) groups excluding carboxylic acids is 1. The Morgan fingerprint density at radius 3 is 2.41 bits per heavy atom. The van der Waals surface area contributed by atoms with Gasteiger partial charge in [-0.05, 0) is 17.7 Å². The quantitative estimate of drug-likeness (QED) is 0.348. The number of amides is 1. The number of hydrogen-bond donors (Lipinski definition) is 1. The van der Waals surface area contributed by atoms with Gasteiger partial charge in [-0.1, -0.05) is 30.3 Å². The van der Waals surface area contributed by atoms with E-state index in [1.54, 1.807) is 6.07 Å². The van der Waals surface area contributed by atoms with Gasteiger partial charge in [-0.15, -0.1) is 0 Å². The van der Waals surface area contributed by atoms with Crippen LogP contribution in [0, 0.1) is 21.4 Å². The molecule has 2 aromatic carbocycles. The Labute approximate surface area is 155 Å². The van der Waals surface area contributed by atoms with E-state index >= 15 is 0 Å². The van der Waals surface area contributed by atoms with Crippen molar-refractivity contribution in [3.8, 4) is 17.6 Å². The van der Waals surface area contributed by atoms with Crippen LogP contribution >= 0.6 is 0 Å². The SMILES string of the molecule is COc1cc(/C=C(\C#N)C(=O)NCc2ccccc2)c([N+](=O)[O-])cc1OC. The average molecular weight is 367 g/mol. The number of carbonyl (C=O) groups is 1. The molecule has 0 aliphatic heterocycles. The molecule has 1 amide bonds. The van der Waals surface area contributed by atoms with Crippen molar-refractivity contribution in [3.63, 3.8) is 0 Å². The van der Waals surface area contributed by atoms with Gasteiger partial charge >= 0.3 is 0 Å². The molecule has 0 radical (unpaired) electrons. The van der Waals surface area contributed by atoms with E-state index in [0.717, 1.165) is 11.6 Å². The van der Waals surface area contributed by atoms with E-state index < -0.39 is 10.8 Å². The second-order valence-corrected chi connectivity index (χ2v) is 5.36. The molecule has 138 valence electrons. The van der Waals surface area contributed by atoms with Gasteiger partial charge in [0, 0.05) is 6.54 Å². The van der Waals surface area contributed by atoms with E-state index in [4.69, 9.17) is 9.47 Å². The maximum atomic E-state index is 12.3. The Kier molecular flexibility index (Phi) is 6.49. The first-order chi connectivity index (χ1) is 13.0. The molecule has 8 nitrogen and oxygen atoms in total. The number of nitriles is 1. The zero-order valence-corrected chi connectivity index (χ0v) is 14.8. The highest BCUT2D eigenvalue weighted by molar-refractivity contribution is 6.02. The molecule has 27 heavy (non-hydrogen) atoms. The lowest BCUT2D eigenvalue weighted by Crippen LogP contribution is -2.23. The Morgan fingerprint density at radius 2 is 1.85 bits per heavy atom. The van der Waals surface area contributed by atoms with E-state index in [2.05, 4.69) is 5.32 Å². The smallest absolute Gasteiger partial charge is 0.280 e. The number of nitro groups is 1. The van der Waals surface area contributed by atoms with Gasteiger partial charge in [0.05, 0.1) is 30.8 Å². The van der Waals surface area contributed by atoms with E-state index in [9.17, 15) is 20.2 Å². The monoisotopic (exact) mass is 367 g/mol. The summed E-state index contributed by atoms with van der Waals surface area (Å²) >= 11 is 0. The third kappa shape index (κ3) is 4.83. The van der Waals surface area contributed by atoms with Crippen LogP contribution in [0.2, 0.25) is 0 Å². The summed E-state index contributed by atoms with van der Waals surface area (Å²) in [7, 11) is 2.74. The fourth-order valence-corrected chi connectivity index (χ4v) is 2.34. The van der Waals surface area contributed by atoms with E-state index in [0.29, 0.717) is 0 Å². The fourth-order valence-electron chi connectivity index (χ4n) is 2.34. The molecular formula is C19H17N3O5. The number of nitro benzene ring substituents is 1. The molecule has 0 saturated carbocycles. The van der Waals surface area contributed by atoms with Crippen molar-refractivity contribution >= 4 is 17.7 Å². The Balaban J connectivity index is 2.34. The van der Waals surface area contributed by atoms with Gasteiger partial charge in [0.25, 0.3) is 11.6 Å². The number of benzene rings is 2. The Bertz CT molecular complexity index is 917. The molecule has 0 heterocycles.